The third-order valence-electron chi connectivity index (χ3n) is 5.98. The maximum atomic E-state index is 10.3. The molecule has 3 aromatic heterocycles. The van der Waals surface area contributed by atoms with Crippen molar-refractivity contribution in [1.29, 1.82) is 10.5 Å². The number of aromatic nitrogens is 3. The number of likely N-dealkylation sites (N-methyl/N-ethyl adjacent to an activating group) is 2. The van der Waals surface area contributed by atoms with Crippen LogP contribution in [0.2, 0.25) is 5.02 Å². The Balaban J connectivity index is 1.73. The van der Waals surface area contributed by atoms with E-state index < -0.39 is 0 Å². The fourth-order valence-corrected chi connectivity index (χ4v) is 5.82. The zero-order chi connectivity index (χ0) is 29.4. The molecule has 4 rings (SSSR count). The fraction of sp³-hybridized carbons (Fsp3) is 0.276. The maximum Gasteiger partial charge on any atom is 0.213 e. The van der Waals surface area contributed by atoms with E-state index in [1.54, 1.807) is 18.3 Å². The van der Waals surface area contributed by atoms with Crippen molar-refractivity contribution in [2.24, 2.45) is 0 Å². The van der Waals surface area contributed by atoms with Gasteiger partial charge in [-0.3, -0.25) is 0 Å². The van der Waals surface area contributed by atoms with Crippen LogP contribution in [0.25, 0.3) is 21.7 Å². The summed E-state index contributed by atoms with van der Waals surface area (Å²) in [5, 5.41) is 33.7. The molecule has 0 aliphatic rings. The number of thiazole rings is 1. The summed E-state index contributed by atoms with van der Waals surface area (Å²) in [6.45, 7) is 1.37. The molecule has 0 fully saturated rings. The van der Waals surface area contributed by atoms with Gasteiger partial charge in [-0.2, -0.15) is 10.5 Å². The number of halogens is 1. The van der Waals surface area contributed by atoms with E-state index in [1.807, 2.05) is 55.7 Å². The van der Waals surface area contributed by atoms with Gasteiger partial charge in [0.25, 0.3) is 0 Å². The minimum absolute atomic E-state index is 0.118. The number of anilines is 1. The zero-order valence-electron chi connectivity index (χ0n) is 22.8. The number of pyridine rings is 2. The van der Waals surface area contributed by atoms with Crippen LogP contribution in [0.1, 0.15) is 16.8 Å². The minimum Gasteiger partial charge on any atom is -0.475 e. The van der Waals surface area contributed by atoms with Gasteiger partial charge in [0, 0.05) is 65.2 Å². The van der Waals surface area contributed by atoms with Crippen molar-refractivity contribution >= 4 is 40.5 Å². The summed E-state index contributed by atoms with van der Waals surface area (Å²) in [6.07, 6.45) is 1.57. The number of ether oxygens (including phenoxy) is 1. The Labute approximate surface area is 252 Å². The Hall–Kier alpha value is -3.71. The predicted molar refractivity (Wildman–Crippen MR) is 163 cm³/mol. The normalized spacial score (nSPS) is 10.8. The van der Waals surface area contributed by atoms with Gasteiger partial charge in [0.05, 0.1) is 17.9 Å². The molecule has 0 atom stereocenters. The topological polar surface area (TPSA) is 122 Å². The molecule has 0 aliphatic carbocycles. The highest BCUT2D eigenvalue weighted by molar-refractivity contribution is 7.98. The number of hydrogen-bond donors (Lipinski definition) is 1. The number of rotatable bonds is 12. The second kappa shape index (κ2) is 14.3. The van der Waals surface area contributed by atoms with Crippen LogP contribution in [0.5, 0.6) is 5.88 Å². The molecule has 9 nitrogen and oxygen atoms in total. The van der Waals surface area contributed by atoms with Gasteiger partial charge in [0.2, 0.25) is 5.88 Å². The van der Waals surface area contributed by atoms with Crippen molar-refractivity contribution in [2.45, 2.75) is 10.8 Å². The first-order chi connectivity index (χ1) is 19.8. The summed E-state index contributed by atoms with van der Waals surface area (Å²) < 4.78 is 5.39. The summed E-state index contributed by atoms with van der Waals surface area (Å²) in [5.74, 6) is 1.32. The van der Waals surface area contributed by atoms with Gasteiger partial charge in [-0.1, -0.05) is 35.5 Å². The van der Waals surface area contributed by atoms with Crippen LogP contribution in [-0.4, -0.2) is 72.4 Å². The van der Waals surface area contributed by atoms with Crippen LogP contribution in [0.15, 0.2) is 53.0 Å². The molecule has 0 unspecified atom stereocenters. The van der Waals surface area contributed by atoms with Crippen LogP contribution in [-0.2, 0) is 5.75 Å². The number of aliphatic hydroxyl groups excluding tert-OH is 1. The fourth-order valence-electron chi connectivity index (χ4n) is 3.89. The number of thioether (sulfide) groups is 1. The number of benzene rings is 1. The highest BCUT2D eigenvalue weighted by atomic mass is 35.5. The molecule has 210 valence electrons. The van der Waals surface area contributed by atoms with Gasteiger partial charge in [0.15, 0.2) is 0 Å². The largest absolute Gasteiger partial charge is 0.475 e. The van der Waals surface area contributed by atoms with E-state index in [4.69, 9.17) is 31.4 Å². The SMILES string of the molecule is CN(C)CCN(C)c1nc(SCc2csc(-c3ccc(Cl)cc3)n2)c(C#N)c(-c2ccc(OCCO)nc2)c1C#N. The molecule has 0 spiro atoms. The molecule has 1 aromatic carbocycles. The van der Waals surface area contributed by atoms with Crippen molar-refractivity contribution in [3.63, 3.8) is 0 Å². The van der Waals surface area contributed by atoms with Crippen molar-refractivity contribution in [3.8, 4) is 39.7 Å². The number of hydrogen-bond acceptors (Lipinski definition) is 11. The zero-order valence-corrected chi connectivity index (χ0v) is 25.2. The van der Waals surface area contributed by atoms with E-state index in [9.17, 15) is 10.5 Å². The van der Waals surface area contributed by atoms with Crippen molar-refractivity contribution in [1.82, 2.24) is 19.9 Å². The van der Waals surface area contributed by atoms with E-state index >= 15 is 0 Å². The second-order valence-corrected chi connectivity index (χ2v) is 11.5. The van der Waals surface area contributed by atoms with E-state index in [1.165, 1.54) is 23.1 Å². The third kappa shape index (κ3) is 7.53. The molecular formula is C29H28ClN7O2S2. The minimum atomic E-state index is -0.131. The van der Waals surface area contributed by atoms with Crippen LogP contribution in [0.3, 0.4) is 0 Å². The number of nitrogens with zero attached hydrogens (tertiary/aromatic N) is 7. The molecule has 12 heteroatoms. The summed E-state index contributed by atoms with van der Waals surface area (Å²) in [5.41, 5.74) is 3.51. The van der Waals surface area contributed by atoms with Crippen molar-refractivity contribution < 1.29 is 9.84 Å². The van der Waals surface area contributed by atoms with Gasteiger partial charge in [0.1, 0.15) is 40.2 Å². The van der Waals surface area contributed by atoms with Crippen LogP contribution >= 0.6 is 34.7 Å². The maximum absolute atomic E-state index is 10.3. The van der Waals surface area contributed by atoms with E-state index in [-0.39, 0.29) is 13.2 Å². The summed E-state index contributed by atoms with van der Waals surface area (Å²) in [7, 11) is 5.85. The number of nitriles is 2. The molecule has 4 aromatic rings. The van der Waals surface area contributed by atoms with Gasteiger partial charge in [-0.05, 0) is 32.3 Å². The van der Waals surface area contributed by atoms with E-state index in [2.05, 4.69) is 22.0 Å². The van der Waals surface area contributed by atoms with Gasteiger partial charge in [-0.15, -0.1) is 11.3 Å². The lowest BCUT2D eigenvalue weighted by molar-refractivity contribution is 0.196. The lowest BCUT2D eigenvalue weighted by Crippen LogP contribution is -2.30. The summed E-state index contributed by atoms with van der Waals surface area (Å²) in [6, 6.07) is 15.5. The smallest absolute Gasteiger partial charge is 0.213 e. The molecule has 1 N–H and O–H groups in total. The highest BCUT2D eigenvalue weighted by Gasteiger charge is 2.24. The summed E-state index contributed by atoms with van der Waals surface area (Å²) >= 11 is 8.97. The Morgan fingerprint density at radius 1 is 1.00 bits per heavy atom. The Morgan fingerprint density at radius 3 is 2.37 bits per heavy atom. The molecule has 0 saturated carbocycles. The highest BCUT2D eigenvalue weighted by Crippen LogP contribution is 2.39. The lowest BCUT2D eigenvalue weighted by Gasteiger charge is -2.24. The molecule has 0 radical (unpaired) electrons. The van der Waals surface area contributed by atoms with Crippen molar-refractivity contribution in [2.75, 3.05) is 52.3 Å². The van der Waals surface area contributed by atoms with Crippen LogP contribution < -0.4 is 9.64 Å². The third-order valence-corrected chi connectivity index (χ3v) is 8.18. The monoisotopic (exact) mass is 605 g/mol. The average molecular weight is 606 g/mol. The summed E-state index contributed by atoms with van der Waals surface area (Å²) in [4.78, 5) is 17.9. The van der Waals surface area contributed by atoms with Gasteiger partial charge < -0.3 is 19.6 Å². The van der Waals surface area contributed by atoms with Crippen LogP contribution in [0.4, 0.5) is 5.82 Å². The van der Waals surface area contributed by atoms with Gasteiger partial charge in [-0.25, -0.2) is 15.0 Å². The first kappa shape index (κ1) is 30.3. The molecule has 0 amide bonds. The molecule has 0 aliphatic heterocycles. The van der Waals surface area contributed by atoms with Crippen molar-refractivity contribution in [3.05, 3.63) is 69.8 Å². The second-order valence-electron chi connectivity index (χ2n) is 9.21. The predicted octanol–water partition coefficient (Wildman–Crippen LogP) is 5.33. The Bertz CT molecular complexity index is 1560. The molecule has 41 heavy (non-hydrogen) atoms. The standard InChI is InChI=1S/C29H28ClN7O2S2/c1-36(2)10-11-37(3)27-23(14-31)26(20-6-9-25(33-16-20)39-13-12-38)24(15-32)29(35-27)41-18-22-17-40-28(34-22)19-4-7-21(30)8-5-19/h4-9,16-17,38H,10-13,18H2,1-3H3. The molecule has 0 bridgehead atoms. The Morgan fingerprint density at radius 2 is 1.73 bits per heavy atom. The lowest BCUT2D eigenvalue weighted by atomic mass is 9.98. The molecule has 3 heterocycles. The quantitative estimate of drug-likeness (QED) is 0.212. The van der Waals surface area contributed by atoms with Crippen LogP contribution in [0, 0.1) is 22.7 Å². The molecular weight excluding hydrogens is 578 g/mol. The average Bonchev–Trinajstić information content (AvgIpc) is 3.46. The van der Waals surface area contributed by atoms with Gasteiger partial charge >= 0.3 is 0 Å². The molecule has 0 saturated heterocycles. The first-order valence-corrected chi connectivity index (χ1v) is 14.9. The first-order valence-electron chi connectivity index (χ1n) is 12.6. The van der Waals surface area contributed by atoms with E-state index in [0.717, 1.165) is 22.8 Å². The van der Waals surface area contributed by atoms with E-state index in [0.29, 0.717) is 56.3 Å². The number of aliphatic hydroxyl groups is 1. The Kier molecular flexibility index (Phi) is 10.5.